The highest BCUT2D eigenvalue weighted by atomic mass is 16.3. The Kier molecular flexibility index (Phi) is 7.72. The fraction of sp³-hybridized carbons (Fsp3) is 1.00. The second-order valence-corrected chi connectivity index (χ2v) is 14.3. The summed E-state index contributed by atoms with van der Waals surface area (Å²) in [5.41, 5.74) is 8.27. The topological polar surface area (TPSA) is 47.5 Å². The second kappa shape index (κ2) is 10.3. The standard InChI is InChI=1S/C30H55N3O/c1-29(2,21-13-7-5-8-14-21)23-19-24(30(3,4)22-15-9-6-10-16-22)28(34)27(20-23)33-31-25-17-11-12-18-26(25)32-33/h21-28,31-32,34H,5-20H2,1-4H3. The number of fused-ring (bicyclic) bond motifs is 1. The van der Waals surface area contributed by atoms with Gasteiger partial charge in [0.15, 0.2) is 0 Å². The maximum absolute atomic E-state index is 12.1. The molecule has 4 nitrogen and oxygen atoms in total. The first-order valence-corrected chi connectivity index (χ1v) is 15.3. The smallest absolute Gasteiger partial charge is 0.0757 e. The van der Waals surface area contributed by atoms with Gasteiger partial charge in [-0.1, -0.05) is 79.1 Å². The van der Waals surface area contributed by atoms with Gasteiger partial charge in [-0.2, -0.15) is 5.12 Å². The van der Waals surface area contributed by atoms with Gasteiger partial charge in [-0.3, -0.25) is 0 Å². The minimum Gasteiger partial charge on any atom is -0.391 e. The van der Waals surface area contributed by atoms with Crippen LogP contribution in [0.2, 0.25) is 0 Å². The summed E-state index contributed by atoms with van der Waals surface area (Å²) < 4.78 is 0. The molecule has 0 aromatic rings. The second-order valence-electron chi connectivity index (χ2n) is 14.3. The Morgan fingerprint density at radius 2 is 1.06 bits per heavy atom. The SMILES string of the molecule is CC(C)(C1CCCCC1)C1CC(N2NC3CCCCC3N2)C(O)C(C(C)(C)C2CCCCC2)C1. The Morgan fingerprint density at radius 1 is 0.588 bits per heavy atom. The van der Waals surface area contributed by atoms with Gasteiger partial charge in [0.2, 0.25) is 0 Å². The van der Waals surface area contributed by atoms with Crippen LogP contribution in [0.5, 0.6) is 0 Å². The number of nitrogens with zero attached hydrogens (tertiary/aromatic N) is 1. The summed E-state index contributed by atoms with van der Waals surface area (Å²) in [5, 5.41) is 14.4. The summed E-state index contributed by atoms with van der Waals surface area (Å²) in [6.07, 6.45) is 21.3. The molecule has 6 atom stereocenters. The van der Waals surface area contributed by atoms with Crippen LogP contribution < -0.4 is 10.9 Å². The lowest BCUT2D eigenvalue weighted by atomic mass is 9.53. The van der Waals surface area contributed by atoms with Crippen molar-refractivity contribution in [3.63, 3.8) is 0 Å². The van der Waals surface area contributed by atoms with Gasteiger partial charge in [0.25, 0.3) is 0 Å². The number of hydrazine groups is 2. The van der Waals surface area contributed by atoms with Crippen molar-refractivity contribution in [1.29, 1.82) is 0 Å². The molecule has 196 valence electrons. The van der Waals surface area contributed by atoms with E-state index in [1.807, 2.05) is 0 Å². The Bertz CT molecular complexity index is 652. The fourth-order valence-corrected chi connectivity index (χ4v) is 9.21. The Morgan fingerprint density at radius 3 is 1.59 bits per heavy atom. The molecular formula is C30H55N3O. The van der Waals surface area contributed by atoms with Gasteiger partial charge >= 0.3 is 0 Å². The molecule has 5 rings (SSSR count). The van der Waals surface area contributed by atoms with Crippen LogP contribution in [0.4, 0.5) is 0 Å². The molecular weight excluding hydrogens is 418 g/mol. The van der Waals surface area contributed by atoms with Crippen LogP contribution in [0, 0.1) is 34.5 Å². The summed E-state index contributed by atoms with van der Waals surface area (Å²) >= 11 is 0. The van der Waals surface area contributed by atoms with Crippen molar-refractivity contribution in [2.24, 2.45) is 34.5 Å². The van der Waals surface area contributed by atoms with Crippen LogP contribution in [-0.2, 0) is 0 Å². The van der Waals surface area contributed by atoms with Gasteiger partial charge < -0.3 is 5.11 Å². The van der Waals surface area contributed by atoms with E-state index in [1.54, 1.807) is 0 Å². The first-order valence-electron chi connectivity index (χ1n) is 15.3. The highest BCUT2D eigenvalue weighted by Gasteiger charge is 2.53. The van der Waals surface area contributed by atoms with E-state index in [0.29, 0.717) is 29.3 Å². The van der Waals surface area contributed by atoms with Crippen LogP contribution in [-0.4, -0.2) is 34.5 Å². The van der Waals surface area contributed by atoms with Crippen molar-refractivity contribution in [2.75, 3.05) is 0 Å². The molecule has 0 radical (unpaired) electrons. The molecule has 0 amide bonds. The monoisotopic (exact) mass is 473 g/mol. The maximum Gasteiger partial charge on any atom is 0.0757 e. The molecule has 0 aromatic carbocycles. The van der Waals surface area contributed by atoms with Crippen molar-refractivity contribution in [2.45, 2.75) is 155 Å². The summed E-state index contributed by atoms with van der Waals surface area (Å²) in [7, 11) is 0. The lowest BCUT2D eigenvalue weighted by Crippen LogP contribution is -2.61. The van der Waals surface area contributed by atoms with E-state index in [4.69, 9.17) is 0 Å². The molecule has 0 spiro atoms. The molecule has 4 heteroatoms. The first kappa shape index (κ1) is 25.5. The highest BCUT2D eigenvalue weighted by Crippen LogP contribution is 2.55. The van der Waals surface area contributed by atoms with Crippen LogP contribution in [0.25, 0.3) is 0 Å². The van der Waals surface area contributed by atoms with E-state index in [-0.39, 0.29) is 17.6 Å². The van der Waals surface area contributed by atoms with Gasteiger partial charge in [0.05, 0.1) is 12.1 Å². The number of nitrogens with one attached hydrogen (secondary N) is 2. The van der Waals surface area contributed by atoms with Crippen LogP contribution >= 0.6 is 0 Å². The van der Waals surface area contributed by atoms with E-state index in [1.165, 1.54) is 96.3 Å². The van der Waals surface area contributed by atoms with Crippen molar-refractivity contribution >= 4 is 0 Å². The van der Waals surface area contributed by atoms with E-state index in [0.717, 1.165) is 18.3 Å². The molecule has 1 heterocycles. The lowest BCUT2D eigenvalue weighted by molar-refractivity contribution is -0.131. The quantitative estimate of drug-likeness (QED) is 0.421. The molecule has 1 saturated heterocycles. The van der Waals surface area contributed by atoms with Gasteiger partial charge in [-0.15, -0.1) is 0 Å². The van der Waals surface area contributed by atoms with Gasteiger partial charge in [-0.25, -0.2) is 10.9 Å². The summed E-state index contributed by atoms with van der Waals surface area (Å²) in [5.74, 6) is 2.68. The number of aliphatic hydroxyl groups excluding tert-OH is 1. The average molecular weight is 474 g/mol. The Hall–Kier alpha value is -0.160. The molecule has 4 saturated carbocycles. The first-order chi connectivity index (χ1) is 16.3. The molecule has 3 N–H and O–H groups in total. The predicted molar refractivity (Wildman–Crippen MR) is 141 cm³/mol. The van der Waals surface area contributed by atoms with Gasteiger partial charge in [-0.05, 0) is 85.9 Å². The van der Waals surface area contributed by atoms with Gasteiger partial charge in [0, 0.05) is 12.1 Å². The lowest BCUT2D eigenvalue weighted by Gasteiger charge is -2.55. The van der Waals surface area contributed by atoms with E-state index < -0.39 is 0 Å². The molecule has 1 aliphatic heterocycles. The van der Waals surface area contributed by atoms with Gasteiger partial charge in [0.1, 0.15) is 0 Å². The molecule has 4 aliphatic carbocycles. The third-order valence-electron chi connectivity index (χ3n) is 11.9. The van der Waals surface area contributed by atoms with Crippen molar-refractivity contribution < 1.29 is 5.11 Å². The van der Waals surface area contributed by atoms with E-state index in [2.05, 4.69) is 43.7 Å². The zero-order valence-corrected chi connectivity index (χ0v) is 22.8. The van der Waals surface area contributed by atoms with Crippen LogP contribution in [0.1, 0.15) is 130 Å². The number of hydrogen-bond acceptors (Lipinski definition) is 4. The van der Waals surface area contributed by atoms with Crippen molar-refractivity contribution in [3.8, 4) is 0 Å². The number of rotatable bonds is 5. The van der Waals surface area contributed by atoms with E-state index >= 15 is 0 Å². The third-order valence-corrected chi connectivity index (χ3v) is 11.9. The molecule has 5 fully saturated rings. The molecule has 0 aromatic heterocycles. The van der Waals surface area contributed by atoms with Crippen LogP contribution in [0.15, 0.2) is 0 Å². The van der Waals surface area contributed by atoms with E-state index in [9.17, 15) is 5.11 Å². The van der Waals surface area contributed by atoms with Crippen LogP contribution in [0.3, 0.4) is 0 Å². The third kappa shape index (κ3) is 4.87. The fourth-order valence-electron chi connectivity index (χ4n) is 9.21. The summed E-state index contributed by atoms with van der Waals surface area (Å²) in [6, 6.07) is 1.29. The molecule has 34 heavy (non-hydrogen) atoms. The minimum atomic E-state index is -0.254. The Labute approximate surface area is 210 Å². The normalized spacial score (nSPS) is 39.8. The Balaban J connectivity index is 1.41. The molecule has 5 aliphatic rings. The number of aliphatic hydroxyl groups is 1. The average Bonchev–Trinajstić information content (AvgIpc) is 3.29. The maximum atomic E-state index is 12.1. The molecule has 0 bridgehead atoms. The van der Waals surface area contributed by atoms with Crippen molar-refractivity contribution in [1.82, 2.24) is 16.0 Å². The minimum absolute atomic E-state index is 0.181. The largest absolute Gasteiger partial charge is 0.391 e. The predicted octanol–water partition coefficient (Wildman–Crippen LogP) is 6.59. The zero-order valence-electron chi connectivity index (χ0n) is 22.8. The zero-order chi connectivity index (χ0) is 23.9. The molecule has 6 unspecified atom stereocenters. The number of hydrogen-bond donors (Lipinski definition) is 3. The highest BCUT2D eigenvalue weighted by molar-refractivity contribution is 5.04. The van der Waals surface area contributed by atoms with Crippen molar-refractivity contribution in [3.05, 3.63) is 0 Å². The summed E-state index contributed by atoms with van der Waals surface area (Å²) in [4.78, 5) is 0. The summed E-state index contributed by atoms with van der Waals surface area (Å²) in [6.45, 7) is 10.2.